The van der Waals surface area contributed by atoms with E-state index in [1.807, 2.05) is 0 Å². The van der Waals surface area contributed by atoms with Gasteiger partial charge >= 0.3 is 37.7 Å². The van der Waals surface area contributed by atoms with Crippen LogP contribution in [0.25, 0.3) is 0 Å². The second-order valence-electron chi connectivity index (χ2n) is 16.0. The Labute approximate surface area is 382 Å². The molecule has 1 amide bonds. The average Bonchev–Trinajstić information content (AvgIpc) is 3.14. The van der Waals surface area contributed by atoms with E-state index < -0.39 is 26.0 Å². The smallest absolute Gasteiger partial charge is 0.862 e. The maximum absolute atomic E-state index is 11.6. The number of unbranched alkanes of at least 4 members (excludes halogenated alkanes) is 30. The number of aliphatic imine (C=N–C) groups is 1. The molecule has 336 valence electrons. The summed E-state index contributed by atoms with van der Waals surface area (Å²) in [5.74, 6) is -0.941. The van der Waals surface area contributed by atoms with Crippen molar-refractivity contribution in [3.05, 3.63) is 0 Å². The molecule has 0 bridgehead atoms. The van der Waals surface area contributed by atoms with Gasteiger partial charge in [0.1, 0.15) is 0 Å². The van der Waals surface area contributed by atoms with Crippen LogP contribution in [0.3, 0.4) is 0 Å². The van der Waals surface area contributed by atoms with Crippen molar-refractivity contribution in [2.45, 2.75) is 245 Å². The van der Waals surface area contributed by atoms with Crippen LogP contribution in [0, 0.1) is 0 Å². The Morgan fingerprint density at radius 1 is 0.491 bits per heavy atom. The van der Waals surface area contributed by atoms with Gasteiger partial charge in [0.05, 0.1) is 15.9 Å². The third-order valence-corrected chi connectivity index (χ3v) is 11.8. The number of carbonyl (C=O) groups is 1. The van der Waals surface area contributed by atoms with Crippen molar-refractivity contribution in [2.75, 3.05) is 24.6 Å². The molecule has 0 aromatic carbocycles. The molecule has 57 heavy (non-hydrogen) atoms. The maximum Gasteiger partial charge on any atom is 2.00 e. The van der Waals surface area contributed by atoms with Crippen LogP contribution in [0.5, 0.6) is 0 Å². The molecule has 2 N–H and O–H groups in total. The van der Waals surface area contributed by atoms with Crippen LogP contribution in [-0.4, -0.2) is 100 Å². The molecule has 0 aliphatic heterocycles. The molecule has 10 nitrogen and oxygen atoms in total. The van der Waals surface area contributed by atoms with Crippen molar-refractivity contribution in [3.63, 3.8) is 0 Å². The Morgan fingerprint density at radius 3 is 1.12 bits per heavy atom. The molecule has 0 aromatic heterocycles. The molecule has 0 saturated carbocycles. The molecular formula is C44H88CaN2O8S2. The SMILES string of the molecule is CCCCCCCCCCCCCCCCCCC(=O)NCCCS(=O)(=O)O.CCCCCCCCCCCCCCCCCCC([O-])=NCCCS(=O)(=O)[O-].[Ca+2]. The zero-order chi connectivity index (χ0) is 41.9. The van der Waals surface area contributed by atoms with Crippen molar-refractivity contribution in [3.8, 4) is 0 Å². The van der Waals surface area contributed by atoms with E-state index >= 15 is 0 Å². The Hall–Kier alpha value is 0.0197. The Kier molecular flexibility index (Phi) is 50.6. The molecule has 0 unspecified atom stereocenters. The zero-order valence-corrected chi connectivity index (χ0v) is 40.9. The van der Waals surface area contributed by atoms with Crippen LogP contribution in [0.1, 0.15) is 245 Å². The minimum Gasteiger partial charge on any atom is -0.862 e. The van der Waals surface area contributed by atoms with Gasteiger partial charge in [-0.1, -0.05) is 206 Å². The quantitative estimate of drug-likeness (QED) is 0.0200. The maximum atomic E-state index is 11.6. The van der Waals surface area contributed by atoms with E-state index in [0.29, 0.717) is 19.4 Å². The van der Waals surface area contributed by atoms with Crippen LogP contribution < -0.4 is 10.4 Å². The van der Waals surface area contributed by atoms with Crippen LogP contribution >= 0.6 is 0 Å². The number of nitrogens with one attached hydrogen (secondary N) is 1. The topological polar surface area (TPSA) is 176 Å². The summed E-state index contributed by atoms with van der Waals surface area (Å²) in [6.45, 7) is 4.97. The number of amides is 1. The van der Waals surface area contributed by atoms with Crippen molar-refractivity contribution in [2.24, 2.45) is 4.99 Å². The normalized spacial score (nSPS) is 11.9. The van der Waals surface area contributed by atoms with Gasteiger partial charge in [-0.05, 0) is 38.0 Å². The largest absolute Gasteiger partial charge is 2.00 e. The number of hydrogen-bond donors (Lipinski definition) is 2. The van der Waals surface area contributed by atoms with Crippen LogP contribution in [-0.2, 0) is 25.0 Å². The number of nitrogens with zero attached hydrogens (tertiary/aromatic N) is 1. The summed E-state index contributed by atoms with van der Waals surface area (Å²) in [4.78, 5) is 15.4. The number of rotatable bonds is 42. The molecule has 0 heterocycles. The van der Waals surface area contributed by atoms with E-state index in [0.717, 1.165) is 25.7 Å². The van der Waals surface area contributed by atoms with Gasteiger partial charge < -0.3 is 20.0 Å². The van der Waals surface area contributed by atoms with Gasteiger partial charge in [0, 0.05) is 25.3 Å². The molecule has 0 fully saturated rings. The predicted molar refractivity (Wildman–Crippen MR) is 240 cm³/mol. The molecule has 0 spiro atoms. The van der Waals surface area contributed by atoms with Gasteiger partial charge in [-0.3, -0.25) is 9.35 Å². The molecule has 0 radical (unpaired) electrons. The second kappa shape index (κ2) is 47.1. The van der Waals surface area contributed by atoms with Crippen molar-refractivity contribution >= 4 is 69.8 Å². The van der Waals surface area contributed by atoms with E-state index in [9.17, 15) is 31.3 Å². The van der Waals surface area contributed by atoms with Gasteiger partial charge in [0.2, 0.25) is 5.91 Å². The summed E-state index contributed by atoms with van der Waals surface area (Å²) in [6.07, 6.45) is 43.1. The van der Waals surface area contributed by atoms with Crippen molar-refractivity contribution < 1.29 is 35.8 Å². The first-order valence-corrected chi connectivity index (χ1v) is 26.5. The monoisotopic (exact) mass is 877 g/mol. The fraction of sp³-hybridized carbons (Fsp3) is 0.955. The third kappa shape index (κ3) is 60.4. The summed E-state index contributed by atoms with van der Waals surface area (Å²) in [5.41, 5.74) is 0. The molecular weight excluding hydrogens is 789 g/mol. The molecule has 0 aliphatic carbocycles. The van der Waals surface area contributed by atoms with E-state index in [4.69, 9.17) is 4.55 Å². The Morgan fingerprint density at radius 2 is 0.807 bits per heavy atom. The molecule has 0 saturated heterocycles. The minimum atomic E-state index is -4.19. The summed E-state index contributed by atoms with van der Waals surface area (Å²) >= 11 is 0. The Bertz CT molecular complexity index is 1090. The molecule has 0 aromatic rings. The second-order valence-corrected chi connectivity index (χ2v) is 19.1. The molecule has 0 atom stereocenters. The van der Waals surface area contributed by atoms with Crippen LogP contribution in [0.4, 0.5) is 0 Å². The fourth-order valence-electron chi connectivity index (χ4n) is 6.75. The van der Waals surface area contributed by atoms with Crippen LogP contribution in [0.2, 0.25) is 0 Å². The predicted octanol–water partition coefficient (Wildman–Crippen LogP) is 11.0. The summed E-state index contributed by atoms with van der Waals surface area (Å²) in [7, 11) is -8.11. The van der Waals surface area contributed by atoms with Crippen molar-refractivity contribution in [1.82, 2.24) is 5.32 Å². The first-order valence-electron chi connectivity index (χ1n) is 23.3. The number of carbonyl (C=O) groups excluding carboxylic acids is 1. The van der Waals surface area contributed by atoms with Crippen LogP contribution in [0.15, 0.2) is 4.99 Å². The molecule has 13 heteroatoms. The number of hydrogen-bond acceptors (Lipinski definition) is 8. The van der Waals surface area contributed by atoms with E-state index in [1.54, 1.807) is 0 Å². The van der Waals surface area contributed by atoms with E-state index in [-0.39, 0.29) is 74.7 Å². The average molecular weight is 877 g/mol. The Balaban J connectivity index is -0.00000101. The van der Waals surface area contributed by atoms with Gasteiger partial charge in [-0.25, -0.2) is 8.42 Å². The first kappa shape index (κ1) is 61.3. The summed E-state index contributed by atoms with van der Waals surface area (Å²) in [5, 5.41) is 14.2. The van der Waals surface area contributed by atoms with Crippen molar-refractivity contribution in [1.29, 1.82) is 0 Å². The standard InChI is InChI=1S/2C22H45NO4S.Ca/c2*1-2-3-4-5-6-7-8-9-10-11-12-13-14-15-16-17-19-22(24)23-20-18-21-28(25,26)27;/h2*2-21H2,1H3,(H,23,24)(H,25,26,27);/q;;+2/p-2. The summed E-state index contributed by atoms with van der Waals surface area (Å²) < 4.78 is 61.0. The zero-order valence-electron chi connectivity index (χ0n) is 37.1. The fourth-order valence-corrected chi connectivity index (χ4v) is 7.74. The molecule has 0 aliphatic rings. The van der Waals surface area contributed by atoms with Gasteiger partial charge in [-0.15, -0.1) is 0 Å². The summed E-state index contributed by atoms with van der Waals surface area (Å²) in [6, 6.07) is 0. The van der Waals surface area contributed by atoms with E-state index in [1.165, 1.54) is 180 Å². The minimum absolute atomic E-state index is 0. The van der Waals surface area contributed by atoms with Gasteiger partial charge in [-0.2, -0.15) is 8.42 Å². The molecule has 0 rings (SSSR count). The first-order chi connectivity index (χ1) is 26.9. The third-order valence-electron chi connectivity index (χ3n) is 10.2. The van der Waals surface area contributed by atoms with Gasteiger partial charge in [0.15, 0.2) is 0 Å². The van der Waals surface area contributed by atoms with E-state index in [2.05, 4.69) is 24.2 Å². The van der Waals surface area contributed by atoms with Gasteiger partial charge in [0.25, 0.3) is 10.1 Å².